The van der Waals surface area contributed by atoms with Crippen molar-refractivity contribution in [1.82, 2.24) is 5.43 Å². The molecule has 172 valence electrons. The van der Waals surface area contributed by atoms with E-state index in [2.05, 4.69) is 10.5 Å². The van der Waals surface area contributed by atoms with Gasteiger partial charge in [-0.3, -0.25) is 4.79 Å². The molecule has 1 amide bonds. The van der Waals surface area contributed by atoms with Gasteiger partial charge in [-0.1, -0.05) is 48.0 Å². The van der Waals surface area contributed by atoms with Gasteiger partial charge in [-0.25, -0.2) is 10.2 Å². The summed E-state index contributed by atoms with van der Waals surface area (Å²) >= 11 is 7.64. The zero-order valence-electron chi connectivity index (χ0n) is 18.0. The van der Waals surface area contributed by atoms with Gasteiger partial charge < -0.3 is 14.2 Å². The number of hydrazone groups is 1. The standard InChI is InChI=1S/C25H19ClN2O5S/c1-31-20-13-16(14-27-28-22(29)15-32-17-7-3-2-4-8-17)11-12-19(20)33-25(30)24-23(26)18-9-5-6-10-21(18)34-24/h2-14H,15H2,1H3,(H,28,29)/b27-14-. The summed E-state index contributed by atoms with van der Waals surface area (Å²) in [5.74, 6) is 0.176. The van der Waals surface area contributed by atoms with Crippen LogP contribution in [0.2, 0.25) is 5.02 Å². The Morgan fingerprint density at radius 1 is 1.03 bits per heavy atom. The van der Waals surface area contributed by atoms with Crippen molar-refractivity contribution < 1.29 is 23.8 Å². The Hall–Kier alpha value is -3.88. The number of hydrogen-bond acceptors (Lipinski definition) is 7. The maximum atomic E-state index is 12.7. The van der Waals surface area contributed by atoms with Crippen molar-refractivity contribution in [3.63, 3.8) is 0 Å². The van der Waals surface area contributed by atoms with Crippen molar-refractivity contribution in [3.8, 4) is 17.2 Å². The lowest BCUT2D eigenvalue weighted by molar-refractivity contribution is -0.123. The van der Waals surface area contributed by atoms with Crippen molar-refractivity contribution in [1.29, 1.82) is 0 Å². The van der Waals surface area contributed by atoms with Crippen LogP contribution in [0, 0.1) is 0 Å². The van der Waals surface area contributed by atoms with E-state index < -0.39 is 11.9 Å². The number of esters is 1. The molecular weight excluding hydrogens is 476 g/mol. The number of hydrogen-bond donors (Lipinski definition) is 1. The molecule has 0 aliphatic carbocycles. The number of rotatable bonds is 8. The first-order valence-corrected chi connectivity index (χ1v) is 11.3. The minimum absolute atomic E-state index is 0.167. The number of nitrogens with zero attached hydrogens (tertiary/aromatic N) is 1. The Morgan fingerprint density at radius 2 is 1.79 bits per heavy atom. The minimum Gasteiger partial charge on any atom is -0.493 e. The number of nitrogens with one attached hydrogen (secondary N) is 1. The van der Waals surface area contributed by atoms with Crippen LogP contribution < -0.4 is 19.6 Å². The van der Waals surface area contributed by atoms with Gasteiger partial charge in [0.15, 0.2) is 18.1 Å². The number of carbonyl (C=O) groups excluding carboxylic acids is 2. The van der Waals surface area contributed by atoms with Gasteiger partial charge in [-0.05, 0) is 42.0 Å². The summed E-state index contributed by atoms with van der Waals surface area (Å²) in [6, 6.07) is 21.4. The van der Waals surface area contributed by atoms with E-state index in [-0.39, 0.29) is 12.4 Å². The van der Waals surface area contributed by atoms with Gasteiger partial charge >= 0.3 is 5.97 Å². The van der Waals surface area contributed by atoms with Gasteiger partial charge in [0.1, 0.15) is 10.6 Å². The van der Waals surface area contributed by atoms with Crippen LogP contribution in [0.5, 0.6) is 17.2 Å². The molecule has 0 aliphatic rings. The van der Waals surface area contributed by atoms with E-state index in [1.165, 1.54) is 24.7 Å². The van der Waals surface area contributed by atoms with Gasteiger partial charge in [0.25, 0.3) is 5.91 Å². The highest BCUT2D eigenvalue weighted by Crippen LogP contribution is 2.37. The molecule has 0 radical (unpaired) electrons. The van der Waals surface area contributed by atoms with E-state index >= 15 is 0 Å². The third kappa shape index (κ3) is 5.54. The molecule has 0 saturated carbocycles. The van der Waals surface area contributed by atoms with Crippen molar-refractivity contribution in [2.45, 2.75) is 0 Å². The summed E-state index contributed by atoms with van der Waals surface area (Å²) in [7, 11) is 1.46. The number of methoxy groups -OCH3 is 1. The zero-order chi connectivity index (χ0) is 23.9. The first-order valence-electron chi connectivity index (χ1n) is 10.1. The molecule has 0 atom stereocenters. The van der Waals surface area contributed by atoms with E-state index in [1.807, 2.05) is 42.5 Å². The van der Waals surface area contributed by atoms with E-state index in [0.29, 0.717) is 27.0 Å². The van der Waals surface area contributed by atoms with E-state index in [1.54, 1.807) is 30.3 Å². The first-order chi connectivity index (χ1) is 16.5. The second-order valence-corrected chi connectivity index (χ2v) is 8.37. The SMILES string of the molecule is COc1cc(/C=N\NC(=O)COc2ccccc2)ccc1OC(=O)c1sc2ccccc2c1Cl. The fourth-order valence-corrected chi connectivity index (χ4v) is 4.40. The molecule has 1 heterocycles. The second kappa shape index (κ2) is 10.8. The third-order valence-electron chi connectivity index (χ3n) is 4.63. The van der Waals surface area contributed by atoms with Gasteiger partial charge in [0, 0.05) is 10.1 Å². The molecule has 1 N–H and O–H groups in total. The lowest BCUT2D eigenvalue weighted by atomic mass is 10.2. The van der Waals surface area contributed by atoms with E-state index in [0.717, 1.165) is 10.1 Å². The van der Waals surface area contributed by atoms with Crippen molar-refractivity contribution in [2.24, 2.45) is 5.10 Å². The molecule has 1 aromatic heterocycles. The summed E-state index contributed by atoms with van der Waals surface area (Å²) in [6.07, 6.45) is 1.44. The molecule has 0 aliphatic heterocycles. The minimum atomic E-state index is -0.573. The highest BCUT2D eigenvalue weighted by Gasteiger charge is 2.20. The Bertz CT molecular complexity index is 1350. The molecule has 4 aromatic rings. The summed E-state index contributed by atoms with van der Waals surface area (Å²) in [5, 5.41) is 5.08. The second-order valence-electron chi connectivity index (χ2n) is 6.94. The lowest BCUT2D eigenvalue weighted by Gasteiger charge is -2.09. The Morgan fingerprint density at radius 3 is 2.56 bits per heavy atom. The summed E-state index contributed by atoms with van der Waals surface area (Å²) in [6.45, 7) is -0.167. The number of thiophene rings is 1. The zero-order valence-corrected chi connectivity index (χ0v) is 19.6. The number of para-hydroxylation sites is 1. The van der Waals surface area contributed by atoms with Crippen molar-refractivity contribution >= 4 is 51.1 Å². The molecule has 4 rings (SSSR count). The maximum Gasteiger partial charge on any atom is 0.355 e. The number of amides is 1. The molecule has 0 bridgehead atoms. The van der Waals surface area contributed by atoms with Crippen molar-refractivity contribution in [2.75, 3.05) is 13.7 Å². The van der Waals surface area contributed by atoms with Gasteiger partial charge in [-0.15, -0.1) is 11.3 Å². The highest BCUT2D eigenvalue weighted by molar-refractivity contribution is 7.21. The molecule has 0 fully saturated rings. The number of carbonyl (C=O) groups is 2. The molecule has 0 saturated heterocycles. The predicted octanol–water partition coefficient (Wildman–Crippen LogP) is 5.31. The van der Waals surface area contributed by atoms with Gasteiger partial charge in [-0.2, -0.15) is 5.10 Å². The monoisotopic (exact) mass is 494 g/mol. The molecule has 9 heteroatoms. The molecule has 34 heavy (non-hydrogen) atoms. The van der Waals surface area contributed by atoms with Crippen LogP contribution in [0.25, 0.3) is 10.1 Å². The fraction of sp³-hybridized carbons (Fsp3) is 0.0800. The fourth-order valence-electron chi connectivity index (χ4n) is 3.02. The number of halogens is 1. The highest BCUT2D eigenvalue weighted by atomic mass is 35.5. The number of fused-ring (bicyclic) bond motifs is 1. The first kappa shape index (κ1) is 23.3. The Labute approximate surface area is 204 Å². The van der Waals surface area contributed by atoms with Crippen LogP contribution in [-0.2, 0) is 4.79 Å². The average Bonchev–Trinajstić information content (AvgIpc) is 3.21. The van der Waals surface area contributed by atoms with Crippen LogP contribution in [0.3, 0.4) is 0 Å². The van der Waals surface area contributed by atoms with Crippen LogP contribution >= 0.6 is 22.9 Å². The van der Waals surface area contributed by atoms with Crippen LogP contribution in [0.4, 0.5) is 0 Å². The van der Waals surface area contributed by atoms with E-state index in [4.69, 9.17) is 25.8 Å². The Balaban J connectivity index is 1.38. The van der Waals surface area contributed by atoms with Crippen LogP contribution in [0.15, 0.2) is 77.9 Å². The van der Waals surface area contributed by atoms with Crippen molar-refractivity contribution in [3.05, 3.63) is 88.3 Å². The predicted molar refractivity (Wildman–Crippen MR) is 132 cm³/mol. The van der Waals surface area contributed by atoms with Crippen LogP contribution in [-0.4, -0.2) is 31.8 Å². The van der Waals surface area contributed by atoms with Crippen LogP contribution in [0.1, 0.15) is 15.2 Å². The van der Waals surface area contributed by atoms with E-state index in [9.17, 15) is 9.59 Å². The normalized spacial score (nSPS) is 10.9. The molecular formula is C25H19ClN2O5S. The quantitative estimate of drug-likeness (QED) is 0.155. The van der Waals surface area contributed by atoms with Gasteiger partial charge in [0.2, 0.25) is 0 Å². The topological polar surface area (TPSA) is 86.2 Å². The summed E-state index contributed by atoms with van der Waals surface area (Å²) < 4.78 is 17.1. The number of benzene rings is 3. The lowest BCUT2D eigenvalue weighted by Crippen LogP contribution is -2.24. The smallest absolute Gasteiger partial charge is 0.355 e. The molecule has 7 nitrogen and oxygen atoms in total. The molecule has 0 spiro atoms. The number of ether oxygens (including phenoxy) is 3. The molecule has 3 aromatic carbocycles. The third-order valence-corrected chi connectivity index (χ3v) is 6.28. The van der Waals surface area contributed by atoms with Gasteiger partial charge in [0.05, 0.1) is 18.3 Å². The molecule has 0 unspecified atom stereocenters. The Kier molecular flexibility index (Phi) is 7.41. The maximum absolute atomic E-state index is 12.7. The summed E-state index contributed by atoms with van der Waals surface area (Å²) in [5.41, 5.74) is 3.02. The average molecular weight is 495 g/mol. The summed E-state index contributed by atoms with van der Waals surface area (Å²) in [4.78, 5) is 24.9. The largest absolute Gasteiger partial charge is 0.493 e.